The van der Waals surface area contributed by atoms with Gasteiger partial charge in [0.2, 0.25) is 5.95 Å². The van der Waals surface area contributed by atoms with Crippen LogP contribution in [0.3, 0.4) is 0 Å². The van der Waals surface area contributed by atoms with E-state index < -0.39 is 5.69 Å². The number of nitrogen functional groups attached to an aromatic ring is 1. The number of aromatic amines is 1. The number of H-pyrrole nitrogens is 1. The van der Waals surface area contributed by atoms with E-state index in [0.717, 1.165) is 6.42 Å². The molecule has 0 bridgehead atoms. The molecule has 2 rings (SSSR count). The summed E-state index contributed by atoms with van der Waals surface area (Å²) in [4.78, 5) is 20.7. The van der Waals surface area contributed by atoms with Crippen LogP contribution in [0.25, 0.3) is 0 Å². The normalized spacial score (nSPS) is 16.3. The second-order valence-corrected chi connectivity index (χ2v) is 3.11. The molecule has 0 aromatic carbocycles. The van der Waals surface area contributed by atoms with E-state index in [0.29, 0.717) is 11.7 Å². The minimum Gasteiger partial charge on any atom is -0.368 e. The molecule has 0 spiro atoms. The topological polar surface area (TPSA) is 84.7 Å². The van der Waals surface area contributed by atoms with Crippen molar-refractivity contribution in [2.45, 2.75) is 19.3 Å². The Balaban J connectivity index is 2.23. The summed E-state index contributed by atoms with van der Waals surface area (Å²) in [6, 6.07) is 0. The van der Waals surface area contributed by atoms with E-state index in [9.17, 15) is 4.79 Å². The maximum Gasteiger partial charge on any atom is 0.349 e. The lowest BCUT2D eigenvalue weighted by Gasteiger charge is -1.97. The maximum atomic E-state index is 10.8. The molecule has 1 aliphatic carbocycles. The maximum absolute atomic E-state index is 10.8. The van der Waals surface area contributed by atoms with Crippen LogP contribution in [0, 0.1) is 5.92 Å². The van der Waals surface area contributed by atoms with Crippen molar-refractivity contribution in [2.24, 2.45) is 5.92 Å². The molecule has 64 valence electrons. The SMILES string of the molecule is Nc1nc(CC2CC2)[nH]c(=O)n1. The van der Waals surface area contributed by atoms with Gasteiger partial charge in [-0.25, -0.2) is 4.79 Å². The molecule has 1 heterocycles. The first-order chi connectivity index (χ1) is 5.74. The van der Waals surface area contributed by atoms with Crippen LogP contribution in [0.15, 0.2) is 4.79 Å². The molecule has 1 aliphatic rings. The van der Waals surface area contributed by atoms with Gasteiger partial charge in [0.25, 0.3) is 0 Å². The number of nitrogens with zero attached hydrogens (tertiary/aromatic N) is 2. The van der Waals surface area contributed by atoms with Gasteiger partial charge >= 0.3 is 5.69 Å². The summed E-state index contributed by atoms with van der Waals surface area (Å²) in [7, 11) is 0. The fourth-order valence-corrected chi connectivity index (χ4v) is 1.14. The predicted molar refractivity (Wildman–Crippen MR) is 43.5 cm³/mol. The van der Waals surface area contributed by atoms with Crippen LogP contribution in [-0.2, 0) is 6.42 Å². The molecule has 0 saturated heterocycles. The fraction of sp³-hybridized carbons (Fsp3) is 0.571. The van der Waals surface area contributed by atoms with Crippen molar-refractivity contribution in [1.82, 2.24) is 15.0 Å². The van der Waals surface area contributed by atoms with Gasteiger partial charge in [-0.05, 0) is 18.8 Å². The zero-order chi connectivity index (χ0) is 8.55. The molecule has 5 nitrogen and oxygen atoms in total. The van der Waals surface area contributed by atoms with Crippen LogP contribution in [0.1, 0.15) is 18.7 Å². The minimum atomic E-state index is -0.404. The van der Waals surface area contributed by atoms with Crippen molar-refractivity contribution >= 4 is 5.95 Å². The average Bonchev–Trinajstić information content (AvgIpc) is 2.68. The lowest BCUT2D eigenvalue weighted by Crippen LogP contribution is -2.17. The van der Waals surface area contributed by atoms with Gasteiger partial charge in [0.15, 0.2) is 0 Å². The first kappa shape index (κ1) is 7.27. The van der Waals surface area contributed by atoms with Crippen LogP contribution in [0.5, 0.6) is 0 Å². The Morgan fingerprint density at radius 3 is 2.83 bits per heavy atom. The Morgan fingerprint density at radius 1 is 1.50 bits per heavy atom. The fourth-order valence-electron chi connectivity index (χ4n) is 1.14. The first-order valence-electron chi connectivity index (χ1n) is 3.97. The van der Waals surface area contributed by atoms with Crippen molar-refractivity contribution in [3.8, 4) is 0 Å². The molecule has 1 aromatic rings. The van der Waals surface area contributed by atoms with Gasteiger partial charge in [-0.3, -0.25) is 4.98 Å². The molecular formula is C7H10N4O. The van der Waals surface area contributed by atoms with E-state index in [2.05, 4.69) is 15.0 Å². The largest absolute Gasteiger partial charge is 0.368 e. The zero-order valence-electron chi connectivity index (χ0n) is 6.58. The second-order valence-electron chi connectivity index (χ2n) is 3.11. The molecule has 0 radical (unpaired) electrons. The van der Waals surface area contributed by atoms with Crippen LogP contribution in [0.4, 0.5) is 5.95 Å². The van der Waals surface area contributed by atoms with Crippen molar-refractivity contribution in [3.05, 3.63) is 16.3 Å². The minimum absolute atomic E-state index is 0.0643. The Kier molecular flexibility index (Phi) is 1.56. The molecule has 1 aromatic heterocycles. The Morgan fingerprint density at radius 2 is 2.25 bits per heavy atom. The highest BCUT2D eigenvalue weighted by Gasteiger charge is 2.22. The van der Waals surface area contributed by atoms with Gasteiger partial charge in [0.05, 0.1) is 0 Å². The van der Waals surface area contributed by atoms with Crippen LogP contribution in [-0.4, -0.2) is 15.0 Å². The van der Waals surface area contributed by atoms with Crippen molar-refractivity contribution < 1.29 is 0 Å². The molecule has 0 atom stereocenters. The molecule has 5 heteroatoms. The van der Waals surface area contributed by atoms with E-state index in [1.54, 1.807) is 0 Å². The molecular weight excluding hydrogens is 156 g/mol. The quantitative estimate of drug-likeness (QED) is 0.631. The Labute approximate surface area is 69.0 Å². The lowest BCUT2D eigenvalue weighted by atomic mass is 10.3. The smallest absolute Gasteiger partial charge is 0.349 e. The van der Waals surface area contributed by atoms with Gasteiger partial charge in [-0.1, -0.05) is 0 Å². The Bertz CT molecular complexity index is 342. The molecule has 0 unspecified atom stereocenters. The number of aromatic nitrogens is 3. The highest BCUT2D eigenvalue weighted by molar-refractivity contribution is 5.13. The first-order valence-corrected chi connectivity index (χ1v) is 3.97. The van der Waals surface area contributed by atoms with E-state index in [-0.39, 0.29) is 5.95 Å². The summed E-state index contributed by atoms with van der Waals surface area (Å²) >= 11 is 0. The van der Waals surface area contributed by atoms with Gasteiger partial charge < -0.3 is 5.73 Å². The molecule has 0 aliphatic heterocycles. The summed E-state index contributed by atoms with van der Waals surface area (Å²) in [5.41, 5.74) is 4.91. The molecule has 3 N–H and O–H groups in total. The molecule has 1 saturated carbocycles. The average molecular weight is 166 g/mol. The van der Waals surface area contributed by atoms with E-state index >= 15 is 0 Å². The number of nitrogens with one attached hydrogen (secondary N) is 1. The van der Waals surface area contributed by atoms with E-state index in [1.165, 1.54) is 12.8 Å². The van der Waals surface area contributed by atoms with Gasteiger partial charge in [-0.15, -0.1) is 0 Å². The van der Waals surface area contributed by atoms with Gasteiger partial charge in [0.1, 0.15) is 5.82 Å². The van der Waals surface area contributed by atoms with Crippen molar-refractivity contribution in [3.63, 3.8) is 0 Å². The number of hydrogen-bond donors (Lipinski definition) is 2. The summed E-state index contributed by atoms with van der Waals surface area (Å²) in [6.07, 6.45) is 3.28. The summed E-state index contributed by atoms with van der Waals surface area (Å²) in [5.74, 6) is 1.42. The number of rotatable bonds is 2. The molecule has 0 amide bonds. The van der Waals surface area contributed by atoms with Gasteiger partial charge in [0, 0.05) is 6.42 Å². The molecule has 12 heavy (non-hydrogen) atoms. The third-order valence-electron chi connectivity index (χ3n) is 1.90. The van der Waals surface area contributed by atoms with Crippen molar-refractivity contribution in [1.29, 1.82) is 0 Å². The second kappa shape index (κ2) is 2.58. The third-order valence-corrected chi connectivity index (χ3v) is 1.90. The lowest BCUT2D eigenvalue weighted by molar-refractivity contribution is 0.752. The monoisotopic (exact) mass is 166 g/mol. The number of nitrogens with two attached hydrogens (primary N) is 1. The standard InChI is InChI=1S/C7H10N4O/c8-6-9-5(3-4-1-2-4)10-7(12)11-6/h4H,1-3H2,(H3,8,9,10,11,12). The molecule has 1 fully saturated rings. The number of anilines is 1. The van der Waals surface area contributed by atoms with Crippen LogP contribution < -0.4 is 11.4 Å². The van der Waals surface area contributed by atoms with Gasteiger partial charge in [-0.2, -0.15) is 9.97 Å². The van der Waals surface area contributed by atoms with Crippen molar-refractivity contribution in [2.75, 3.05) is 5.73 Å². The predicted octanol–water partition coefficient (Wildman–Crippen LogP) is -0.300. The van der Waals surface area contributed by atoms with Crippen LogP contribution >= 0.6 is 0 Å². The highest BCUT2D eigenvalue weighted by atomic mass is 16.1. The number of hydrogen-bond acceptors (Lipinski definition) is 4. The summed E-state index contributed by atoms with van der Waals surface area (Å²) in [5, 5.41) is 0. The van der Waals surface area contributed by atoms with E-state index in [4.69, 9.17) is 5.73 Å². The van der Waals surface area contributed by atoms with E-state index in [1.807, 2.05) is 0 Å². The third kappa shape index (κ3) is 1.61. The summed E-state index contributed by atoms with van der Waals surface area (Å²) < 4.78 is 0. The van der Waals surface area contributed by atoms with Crippen LogP contribution in [0.2, 0.25) is 0 Å². The Hall–Kier alpha value is -1.39. The highest BCUT2D eigenvalue weighted by Crippen LogP contribution is 2.31. The summed E-state index contributed by atoms with van der Waals surface area (Å²) in [6.45, 7) is 0. The zero-order valence-corrected chi connectivity index (χ0v) is 6.58.